The van der Waals surface area contributed by atoms with Crippen LogP contribution in [0.5, 0.6) is 5.88 Å². The Labute approximate surface area is 193 Å². The summed E-state index contributed by atoms with van der Waals surface area (Å²) >= 11 is 0. The number of rotatable bonds is 6. The number of fused-ring (bicyclic) bond motifs is 1. The van der Waals surface area contributed by atoms with E-state index < -0.39 is 5.54 Å². The molecule has 3 atom stereocenters. The number of carbonyl (C=O) groups excluding carboxylic acids is 1. The van der Waals surface area contributed by atoms with Crippen LogP contribution in [0.4, 0.5) is 0 Å². The van der Waals surface area contributed by atoms with Gasteiger partial charge in [0.15, 0.2) is 0 Å². The third kappa shape index (κ3) is 3.73. The minimum atomic E-state index is -0.485. The maximum atomic E-state index is 12.5. The van der Waals surface area contributed by atoms with E-state index in [1.165, 1.54) is 18.3 Å². The summed E-state index contributed by atoms with van der Waals surface area (Å²) < 4.78 is 11.8. The molecule has 3 aliphatic rings. The molecule has 2 unspecified atom stereocenters. The number of likely N-dealkylation sites (tertiary alicyclic amines) is 1. The van der Waals surface area contributed by atoms with Gasteiger partial charge in [-0.1, -0.05) is 30.3 Å². The largest absolute Gasteiger partial charge is 0.474 e. The number of aromatic amines is 1. The molecule has 7 heteroatoms. The lowest BCUT2D eigenvalue weighted by molar-refractivity contribution is -0.114. The summed E-state index contributed by atoms with van der Waals surface area (Å²) in [4.78, 5) is 19.5. The summed E-state index contributed by atoms with van der Waals surface area (Å²) in [7, 11) is 0. The van der Waals surface area contributed by atoms with E-state index in [2.05, 4.69) is 50.4 Å². The number of nitrogens with one attached hydrogen (secondary N) is 1. The van der Waals surface area contributed by atoms with E-state index >= 15 is 0 Å². The number of benzene rings is 1. The Morgan fingerprint density at radius 1 is 1.15 bits per heavy atom. The highest BCUT2D eigenvalue weighted by Crippen LogP contribution is 2.56. The first-order valence-corrected chi connectivity index (χ1v) is 12.1. The average molecular weight is 447 g/mol. The second-order valence-corrected chi connectivity index (χ2v) is 9.64. The molecule has 3 fully saturated rings. The van der Waals surface area contributed by atoms with Crippen molar-refractivity contribution in [3.05, 3.63) is 53.9 Å². The number of aromatic nitrogens is 3. The molecule has 2 aromatic heterocycles. The van der Waals surface area contributed by atoms with E-state index in [0.29, 0.717) is 25.0 Å². The van der Waals surface area contributed by atoms with E-state index in [0.717, 1.165) is 55.4 Å². The molecule has 3 aromatic rings. The molecule has 0 radical (unpaired) electrons. The van der Waals surface area contributed by atoms with Crippen molar-refractivity contribution in [2.24, 2.45) is 0 Å². The molecular weight excluding hydrogens is 416 g/mol. The second kappa shape index (κ2) is 8.54. The van der Waals surface area contributed by atoms with Gasteiger partial charge in [0.05, 0.1) is 35.3 Å². The molecule has 1 saturated carbocycles. The molecule has 2 saturated heterocycles. The van der Waals surface area contributed by atoms with Crippen molar-refractivity contribution in [3.8, 4) is 5.88 Å². The fourth-order valence-corrected chi connectivity index (χ4v) is 5.76. The van der Waals surface area contributed by atoms with Crippen molar-refractivity contribution in [1.29, 1.82) is 0 Å². The summed E-state index contributed by atoms with van der Waals surface area (Å²) in [6, 6.07) is 12.6. The van der Waals surface area contributed by atoms with Crippen molar-refractivity contribution >= 4 is 17.2 Å². The standard InChI is InChI=1S/C26H30N4O3/c31-17-26(30-12-4-7-19(16-30)18-5-2-1-3-6-18)15-21(26)24-23-22(28-29-24)8-11-27-25(23)33-20-9-13-32-14-10-20/h1-3,5-6,8,11,17,19-21H,4,7,9-10,12-16H2,(H,28,29)/t19-,21?,26?/m0/s1. The van der Waals surface area contributed by atoms with Crippen molar-refractivity contribution < 1.29 is 14.3 Å². The number of piperidine rings is 1. The summed E-state index contributed by atoms with van der Waals surface area (Å²) in [5.41, 5.74) is 2.70. The fraction of sp³-hybridized carbons (Fsp3) is 0.500. The molecule has 0 bridgehead atoms. The van der Waals surface area contributed by atoms with Gasteiger partial charge in [0, 0.05) is 31.5 Å². The Hall–Kier alpha value is -2.77. The Morgan fingerprint density at radius 3 is 2.82 bits per heavy atom. The molecule has 0 amide bonds. The van der Waals surface area contributed by atoms with Gasteiger partial charge in [0.25, 0.3) is 0 Å². The van der Waals surface area contributed by atoms with Gasteiger partial charge < -0.3 is 14.3 Å². The first-order chi connectivity index (χ1) is 16.3. The third-order valence-corrected chi connectivity index (χ3v) is 7.71. The van der Waals surface area contributed by atoms with Crippen LogP contribution in [0.2, 0.25) is 0 Å². The van der Waals surface area contributed by atoms with Crippen LogP contribution < -0.4 is 4.74 Å². The second-order valence-electron chi connectivity index (χ2n) is 9.64. The summed E-state index contributed by atoms with van der Waals surface area (Å²) in [6.07, 6.45) is 7.81. The first-order valence-electron chi connectivity index (χ1n) is 12.1. The van der Waals surface area contributed by atoms with Gasteiger partial charge in [-0.15, -0.1) is 0 Å². The number of hydrogen-bond acceptors (Lipinski definition) is 6. The number of nitrogens with zero attached hydrogens (tertiary/aromatic N) is 3. The van der Waals surface area contributed by atoms with E-state index in [1.54, 1.807) is 6.20 Å². The highest BCUT2D eigenvalue weighted by atomic mass is 16.5. The van der Waals surface area contributed by atoms with Crippen LogP contribution in [0.25, 0.3) is 10.9 Å². The van der Waals surface area contributed by atoms with Gasteiger partial charge in [-0.05, 0) is 43.4 Å². The summed E-state index contributed by atoms with van der Waals surface area (Å²) in [5.74, 6) is 1.14. The van der Waals surface area contributed by atoms with E-state index in [-0.39, 0.29) is 12.0 Å². The quantitative estimate of drug-likeness (QED) is 0.580. The lowest BCUT2D eigenvalue weighted by Gasteiger charge is -2.37. The van der Waals surface area contributed by atoms with Crippen LogP contribution in [0.15, 0.2) is 42.6 Å². The molecule has 1 aliphatic carbocycles. The number of carbonyl (C=O) groups is 1. The first kappa shape index (κ1) is 20.8. The maximum Gasteiger partial charge on any atom is 0.225 e. The molecule has 1 aromatic carbocycles. The summed E-state index contributed by atoms with van der Waals surface area (Å²) in [5, 5.41) is 8.75. The van der Waals surface area contributed by atoms with Crippen molar-refractivity contribution in [2.45, 2.75) is 55.6 Å². The highest BCUT2D eigenvalue weighted by Gasteiger charge is 2.61. The van der Waals surface area contributed by atoms with Gasteiger partial charge in [0.1, 0.15) is 12.4 Å². The Bertz CT molecular complexity index is 1130. The molecule has 1 N–H and O–H groups in total. The molecule has 6 rings (SSSR count). The molecular formula is C26H30N4O3. The van der Waals surface area contributed by atoms with Gasteiger partial charge in [-0.3, -0.25) is 10.00 Å². The lowest BCUT2D eigenvalue weighted by Crippen LogP contribution is -2.45. The zero-order chi connectivity index (χ0) is 22.3. The minimum absolute atomic E-state index is 0.0551. The average Bonchev–Trinajstić information content (AvgIpc) is 3.47. The minimum Gasteiger partial charge on any atom is -0.474 e. The van der Waals surface area contributed by atoms with E-state index in [9.17, 15) is 4.79 Å². The van der Waals surface area contributed by atoms with E-state index in [4.69, 9.17) is 9.47 Å². The number of ether oxygens (including phenoxy) is 2. The van der Waals surface area contributed by atoms with Crippen molar-refractivity contribution in [1.82, 2.24) is 20.1 Å². The van der Waals surface area contributed by atoms with Crippen LogP contribution in [-0.2, 0) is 9.53 Å². The number of pyridine rings is 1. The van der Waals surface area contributed by atoms with Crippen molar-refractivity contribution in [2.75, 3.05) is 26.3 Å². The zero-order valence-electron chi connectivity index (χ0n) is 18.8. The Kier molecular flexibility index (Phi) is 5.38. The van der Waals surface area contributed by atoms with Gasteiger partial charge in [0.2, 0.25) is 5.88 Å². The molecule has 2 aliphatic heterocycles. The van der Waals surface area contributed by atoms with Gasteiger partial charge in [-0.25, -0.2) is 4.98 Å². The summed E-state index contributed by atoms with van der Waals surface area (Å²) in [6.45, 7) is 3.29. The normalized spacial score (nSPS) is 28.6. The molecule has 0 spiro atoms. The SMILES string of the molecule is O=CC1(N2CCC[C@H](c3ccccc3)C2)CC1c1n[nH]c2ccnc(OC3CCOCC3)c12. The Balaban J connectivity index is 1.27. The number of hydrogen-bond donors (Lipinski definition) is 1. The number of aldehydes is 1. The lowest BCUT2D eigenvalue weighted by atomic mass is 9.89. The van der Waals surface area contributed by atoms with Crippen LogP contribution >= 0.6 is 0 Å². The fourth-order valence-electron chi connectivity index (χ4n) is 5.76. The molecule has 33 heavy (non-hydrogen) atoms. The van der Waals surface area contributed by atoms with Gasteiger partial charge >= 0.3 is 0 Å². The predicted molar refractivity (Wildman–Crippen MR) is 125 cm³/mol. The topological polar surface area (TPSA) is 80.3 Å². The van der Waals surface area contributed by atoms with Crippen LogP contribution in [0.3, 0.4) is 0 Å². The van der Waals surface area contributed by atoms with Crippen LogP contribution in [0.1, 0.15) is 55.2 Å². The smallest absolute Gasteiger partial charge is 0.225 e. The Morgan fingerprint density at radius 2 is 2.00 bits per heavy atom. The monoisotopic (exact) mass is 446 g/mol. The van der Waals surface area contributed by atoms with Crippen LogP contribution in [-0.4, -0.2) is 64.3 Å². The van der Waals surface area contributed by atoms with Crippen molar-refractivity contribution in [3.63, 3.8) is 0 Å². The zero-order valence-corrected chi connectivity index (χ0v) is 18.8. The molecule has 4 heterocycles. The third-order valence-electron chi connectivity index (χ3n) is 7.71. The van der Waals surface area contributed by atoms with Gasteiger partial charge in [-0.2, -0.15) is 5.10 Å². The number of H-pyrrole nitrogens is 1. The van der Waals surface area contributed by atoms with Crippen LogP contribution in [0, 0.1) is 0 Å². The van der Waals surface area contributed by atoms with E-state index in [1.807, 2.05) is 6.07 Å². The molecule has 7 nitrogen and oxygen atoms in total. The predicted octanol–water partition coefficient (Wildman–Crippen LogP) is 3.82. The molecule has 172 valence electrons. The maximum absolute atomic E-state index is 12.5. The highest BCUT2D eigenvalue weighted by molar-refractivity contribution is 5.89.